The van der Waals surface area contributed by atoms with Crippen LogP contribution in [0, 0.1) is 0 Å². The number of anilines is 1. The maximum atomic E-state index is 13.1. The van der Waals surface area contributed by atoms with E-state index in [-0.39, 0.29) is 28.4 Å². The second kappa shape index (κ2) is 9.67. The fraction of sp³-hybridized carbons (Fsp3) is 0.375. The van der Waals surface area contributed by atoms with Crippen molar-refractivity contribution in [2.45, 2.75) is 43.5 Å². The van der Waals surface area contributed by atoms with Gasteiger partial charge in [-0.05, 0) is 61.7 Å². The van der Waals surface area contributed by atoms with E-state index in [1.54, 1.807) is 22.5 Å². The zero-order chi connectivity index (χ0) is 24.4. The number of aromatic nitrogens is 2. The summed E-state index contributed by atoms with van der Waals surface area (Å²) in [6.07, 6.45) is 3.54. The van der Waals surface area contributed by atoms with Crippen molar-refractivity contribution >= 4 is 21.9 Å². The molecule has 2 aliphatic heterocycles. The molecule has 2 aliphatic rings. The first kappa shape index (κ1) is 23.3. The zero-order valence-corrected chi connectivity index (χ0v) is 20.1. The zero-order valence-electron chi connectivity index (χ0n) is 19.3. The van der Waals surface area contributed by atoms with Crippen LogP contribution in [0.1, 0.15) is 43.0 Å². The molecule has 184 valence electrons. The van der Waals surface area contributed by atoms with Gasteiger partial charge < -0.3 is 13.9 Å². The van der Waals surface area contributed by atoms with Gasteiger partial charge in [0.15, 0.2) is 11.5 Å². The predicted octanol–water partition coefficient (Wildman–Crippen LogP) is 3.71. The highest BCUT2D eigenvalue weighted by molar-refractivity contribution is 7.89. The number of amides is 1. The first-order chi connectivity index (χ1) is 17.0. The Bertz CT molecular complexity index is 1320. The van der Waals surface area contributed by atoms with Gasteiger partial charge in [0, 0.05) is 23.7 Å². The lowest BCUT2D eigenvalue weighted by atomic mass is 10.0. The van der Waals surface area contributed by atoms with E-state index in [1.165, 1.54) is 24.3 Å². The molecular formula is C24H26N4O6S. The molecule has 0 spiro atoms. The van der Waals surface area contributed by atoms with Crippen molar-refractivity contribution in [3.63, 3.8) is 0 Å². The van der Waals surface area contributed by atoms with E-state index in [0.717, 1.165) is 25.7 Å². The molecule has 2 aromatic carbocycles. The molecule has 35 heavy (non-hydrogen) atoms. The summed E-state index contributed by atoms with van der Waals surface area (Å²) < 4.78 is 44.5. The lowest BCUT2D eigenvalue weighted by Gasteiger charge is -2.34. The Kier molecular flexibility index (Phi) is 6.44. The van der Waals surface area contributed by atoms with E-state index in [1.807, 2.05) is 6.92 Å². The fourth-order valence-corrected chi connectivity index (χ4v) is 6.12. The van der Waals surface area contributed by atoms with Crippen LogP contribution in [0.25, 0.3) is 11.5 Å². The summed E-state index contributed by atoms with van der Waals surface area (Å²) >= 11 is 0. The number of hydrogen-bond acceptors (Lipinski definition) is 8. The normalized spacial score (nSPS) is 18.3. The average Bonchev–Trinajstić information content (AvgIpc) is 3.37. The van der Waals surface area contributed by atoms with Crippen molar-refractivity contribution in [3.05, 3.63) is 48.0 Å². The smallest absolute Gasteiger partial charge is 0.322 e. The summed E-state index contributed by atoms with van der Waals surface area (Å²) in [5.41, 5.74) is 0.897. The van der Waals surface area contributed by atoms with Crippen molar-refractivity contribution in [3.8, 4) is 23.0 Å². The Balaban J connectivity index is 1.27. The number of carbonyl (C=O) groups is 1. The minimum atomic E-state index is -3.62. The molecule has 1 aromatic heterocycles. The van der Waals surface area contributed by atoms with Gasteiger partial charge in [0.2, 0.25) is 15.9 Å². The van der Waals surface area contributed by atoms with E-state index in [2.05, 4.69) is 15.5 Å². The molecule has 0 saturated carbocycles. The molecule has 1 amide bonds. The van der Waals surface area contributed by atoms with Crippen LogP contribution in [0.15, 0.2) is 51.8 Å². The number of nitrogens with one attached hydrogen (secondary N) is 1. The van der Waals surface area contributed by atoms with Crippen LogP contribution in [0.3, 0.4) is 0 Å². The third kappa shape index (κ3) is 4.73. The minimum Gasteiger partial charge on any atom is -0.486 e. The summed E-state index contributed by atoms with van der Waals surface area (Å²) in [6, 6.07) is 11.1. The standard InChI is InChI=1S/C24H26N4O6S/c1-2-18-5-3-4-12-28(18)35(30,31)19-9-6-16(7-10-19)22(29)25-24-27-26-23(34-24)17-8-11-20-21(15-17)33-14-13-32-20/h6-11,15,18H,2-5,12-14H2,1H3,(H,25,27,29)/t18-/m1/s1. The quantitative estimate of drug-likeness (QED) is 0.545. The molecule has 1 N–H and O–H groups in total. The molecule has 11 heteroatoms. The van der Waals surface area contributed by atoms with E-state index < -0.39 is 15.9 Å². The summed E-state index contributed by atoms with van der Waals surface area (Å²) in [5, 5.41) is 10.4. The number of nitrogens with zero attached hydrogens (tertiary/aromatic N) is 3. The number of piperidine rings is 1. The van der Waals surface area contributed by atoms with E-state index in [0.29, 0.717) is 36.8 Å². The Morgan fingerprint density at radius 3 is 2.60 bits per heavy atom. The first-order valence-electron chi connectivity index (χ1n) is 11.6. The lowest BCUT2D eigenvalue weighted by Crippen LogP contribution is -2.43. The molecule has 0 unspecified atom stereocenters. The van der Waals surface area contributed by atoms with Gasteiger partial charge in [-0.3, -0.25) is 10.1 Å². The summed E-state index contributed by atoms with van der Waals surface area (Å²) in [4.78, 5) is 12.9. The van der Waals surface area contributed by atoms with E-state index in [4.69, 9.17) is 13.9 Å². The molecule has 5 rings (SSSR count). The van der Waals surface area contributed by atoms with Crippen LogP contribution >= 0.6 is 0 Å². The fourth-order valence-electron chi connectivity index (χ4n) is 4.35. The van der Waals surface area contributed by atoms with Crippen molar-refractivity contribution in [1.29, 1.82) is 0 Å². The Morgan fingerprint density at radius 1 is 1.06 bits per heavy atom. The highest BCUT2D eigenvalue weighted by Crippen LogP contribution is 2.34. The maximum Gasteiger partial charge on any atom is 0.322 e. The van der Waals surface area contributed by atoms with Crippen molar-refractivity contribution in [2.75, 3.05) is 25.1 Å². The largest absolute Gasteiger partial charge is 0.486 e. The van der Waals surface area contributed by atoms with Gasteiger partial charge in [0.25, 0.3) is 5.91 Å². The number of hydrogen-bond donors (Lipinski definition) is 1. The molecule has 3 aromatic rings. The number of rotatable bonds is 6. The molecule has 1 fully saturated rings. The average molecular weight is 499 g/mol. The van der Waals surface area contributed by atoms with Gasteiger partial charge >= 0.3 is 6.01 Å². The number of fused-ring (bicyclic) bond motifs is 1. The van der Waals surface area contributed by atoms with Gasteiger partial charge in [0.05, 0.1) is 4.90 Å². The van der Waals surface area contributed by atoms with Gasteiger partial charge in [-0.1, -0.05) is 18.4 Å². The topological polar surface area (TPSA) is 124 Å². The summed E-state index contributed by atoms with van der Waals surface area (Å²) in [7, 11) is -3.62. The number of benzene rings is 2. The Hall–Kier alpha value is -3.44. The van der Waals surface area contributed by atoms with Crippen LogP contribution in [0.4, 0.5) is 6.01 Å². The number of sulfonamides is 1. The SMILES string of the molecule is CC[C@@H]1CCCCN1S(=O)(=O)c1ccc(C(=O)Nc2nnc(-c3ccc4c(c3)OCCO4)o2)cc1. The minimum absolute atomic E-state index is 0.0117. The molecule has 1 atom stereocenters. The van der Waals surface area contributed by atoms with Gasteiger partial charge in [-0.2, -0.15) is 4.31 Å². The van der Waals surface area contributed by atoms with Crippen LogP contribution in [-0.4, -0.2) is 54.6 Å². The monoisotopic (exact) mass is 498 g/mol. The first-order valence-corrected chi connectivity index (χ1v) is 13.1. The van der Waals surface area contributed by atoms with Crippen LogP contribution in [-0.2, 0) is 10.0 Å². The van der Waals surface area contributed by atoms with Crippen molar-refractivity contribution < 1.29 is 27.1 Å². The highest BCUT2D eigenvalue weighted by atomic mass is 32.2. The number of ether oxygens (including phenoxy) is 2. The van der Waals surface area contributed by atoms with Gasteiger partial charge in [-0.25, -0.2) is 8.42 Å². The lowest BCUT2D eigenvalue weighted by molar-refractivity contribution is 0.102. The Morgan fingerprint density at radius 2 is 1.83 bits per heavy atom. The van der Waals surface area contributed by atoms with Crippen LogP contribution < -0.4 is 14.8 Å². The maximum absolute atomic E-state index is 13.1. The van der Waals surface area contributed by atoms with Crippen LogP contribution in [0.5, 0.6) is 11.5 Å². The molecule has 10 nitrogen and oxygen atoms in total. The molecule has 1 saturated heterocycles. The molecule has 0 radical (unpaired) electrons. The second-order valence-electron chi connectivity index (χ2n) is 8.42. The third-order valence-electron chi connectivity index (χ3n) is 6.20. The molecule has 0 aliphatic carbocycles. The highest BCUT2D eigenvalue weighted by Gasteiger charge is 2.32. The number of carbonyl (C=O) groups excluding carboxylic acids is 1. The summed E-state index contributed by atoms with van der Waals surface area (Å²) in [5.74, 6) is 0.952. The van der Waals surface area contributed by atoms with Gasteiger partial charge in [-0.15, -0.1) is 5.10 Å². The van der Waals surface area contributed by atoms with Crippen molar-refractivity contribution in [2.24, 2.45) is 0 Å². The van der Waals surface area contributed by atoms with Gasteiger partial charge in [0.1, 0.15) is 13.2 Å². The molecule has 3 heterocycles. The predicted molar refractivity (Wildman–Crippen MR) is 127 cm³/mol. The Labute approximate surface area is 203 Å². The van der Waals surface area contributed by atoms with E-state index in [9.17, 15) is 13.2 Å². The van der Waals surface area contributed by atoms with Crippen molar-refractivity contribution in [1.82, 2.24) is 14.5 Å². The summed E-state index contributed by atoms with van der Waals surface area (Å²) in [6.45, 7) is 3.47. The third-order valence-corrected chi connectivity index (χ3v) is 8.17. The molecule has 0 bridgehead atoms. The van der Waals surface area contributed by atoms with Crippen LogP contribution in [0.2, 0.25) is 0 Å². The van der Waals surface area contributed by atoms with E-state index >= 15 is 0 Å². The second-order valence-corrected chi connectivity index (χ2v) is 10.3. The molecular weight excluding hydrogens is 472 g/mol.